The molecule has 0 saturated carbocycles. The smallest absolute Gasteiger partial charge is 0.147 e. The summed E-state index contributed by atoms with van der Waals surface area (Å²) in [5, 5.41) is 20.9. The summed E-state index contributed by atoms with van der Waals surface area (Å²) in [6.07, 6.45) is 1.32. The average Bonchev–Trinajstić information content (AvgIpc) is 2.53. The lowest BCUT2D eigenvalue weighted by atomic mass is 10.0. The minimum atomic E-state index is -0.445. The van der Waals surface area contributed by atoms with Crippen LogP contribution < -0.4 is 5.32 Å². The first-order chi connectivity index (χ1) is 10.2. The second-order valence-corrected chi connectivity index (χ2v) is 4.78. The molecule has 0 aliphatic rings. The lowest BCUT2D eigenvalue weighted by molar-refractivity contribution is 0.281. The Morgan fingerprint density at radius 1 is 1.19 bits per heavy atom. The highest BCUT2D eigenvalue weighted by Gasteiger charge is 2.13. The van der Waals surface area contributed by atoms with Gasteiger partial charge in [-0.3, -0.25) is 0 Å². The molecule has 1 atom stereocenters. The number of hydrogen-bond acceptors (Lipinski definition) is 3. The molecule has 0 bridgehead atoms. The minimum absolute atomic E-state index is 0.0826. The van der Waals surface area contributed by atoms with Crippen molar-refractivity contribution in [1.29, 1.82) is 5.26 Å². The number of aliphatic hydroxyl groups excluding tert-OH is 1. The summed E-state index contributed by atoms with van der Waals surface area (Å²) < 4.78 is 14.0. The maximum Gasteiger partial charge on any atom is 0.147 e. The Bertz CT molecular complexity index is 622. The van der Waals surface area contributed by atoms with Crippen LogP contribution in [0.25, 0.3) is 0 Å². The topological polar surface area (TPSA) is 56.0 Å². The third-order valence-electron chi connectivity index (χ3n) is 3.28. The molecule has 0 heterocycles. The van der Waals surface area contributed by atoms with Crippen molar-refractivity contribution in [3.8, 4) is 6.07 Å². The minimum Gasteiger partial charge on any atom is -0.396 e. The monoisotopic (exact) mass is 284 g/mol. The van der Waals surface area contributed by atoms with Crippen LogP contribution in [-0.2, 0) is 0 Å². The van der Waals surface area contributed by atoms with Crippen molar-refractivity contribution in [2.45, 2.75) is 18.9 Å². The first-order valence-corrected chi connectivity index (χ1v) is 6.86. The van der Waals surface area contributed by atoms with Gasteiger partial charge in [0.15, 0.2) is 0 Å². The lowest BCUT2D eigenvalue weighted by Crippen LogP contribution is -2.12. The Balaban J connectivity index is 2.21. The Morgan fingerprint density at radius 2 is 1.95 bits per heavy atom. The van der Waals surface area contributed by atoms with E-state index in [4.69, 9.17) is 10.4 Å². The van der Waals surface area contributed by atoms with E-state index in [9.17, 15) is 4.39 Å². The van der Waals surface area contributed by atoms with E-state index in [0.29, 0.717) is 24.1 Å². The van der Waals surface area contributed by atoms with Crippen LogP contribution in [0.5, 0.6) is 0 Å². The molecule has 2 rings (SSSR count). The van der Waals surface area contributed by atoms with Gasteiger partial charge in [0.2, 0.25) is 0 Å². The fourth-order valence-corrected chi connectivity index (χ4v) is 2.19. The molecule has 1 unspecified atom stereocenters. The van der Waals surface area contributed by atoms with Crippen molar-refractivity contribution in [3.05, 3.63) is 65.5 Å². The van der Waals surface area contributed by atoms with Gasteiger partial charge in [0, 0.05) is 6.61 Å². The summed E-state index contributed by atoms with van der Waals surface area (Å²) in [4.78, 5) is 0. The molecule has 0 fully saturated rings. The first-order valence-electron chi connectivity index (χ1n) is 6.86. The molecule has 2 aromatic carbocycles. The molecule has 4 heteroatoms. The van der Waals surface area contributed by atoms with Gasteiger partial charge in [-0.05, 0) is 36.6 Å². The van der Waals surface area contributed by atoms with Gasteiger partial charge >= 0.3 is 0 Å². The number of benzene rings is 2. The highest BCUT2D eigenvalue weighted by molar-refractivity contribution is 5.50. The Hall–Kier alpha value is -2.38. The van der Waals surface area contributed by atoms with Gasteiger partial charge < -0.3 is 10.4 Å². The van der Waals surface area contributed by atoms with Crippen LogP contribution in [0.3, 0.4) is 0 Å². The molecule has 3 nitrogen and oxygen atoms in total. The molecular formula is C17H17FN2O. The van der Waals surface area contributed by atoms with Crippen molar-refractivity contribution < 1.29 is 9.50 Å². The van der Waals surface area contributed by atoms with Gasteiger partial charge in [-0.2, -0.15) is 5.26 Å². The third kappa shape index (κ3) is 4.04. The highest BCUT2D eigenvalue weighted by Crippen LogP contribution is 2.26. The molecule has 0 radical (unpaired) electrons. The molecule has 0 aliphatic heterocycles. The normalized spacial score (nSPS) is 11.7. The predicted molar refractivity (Wildman–Crippen MR) is 80.2 cm³/mol. The zero-order valence-corrected chi connectivity index (χ0v) is 11.6. The van der Waals surface area contributed by atoms with E-state index < -0.39 is 5.82 Å². The van der Waals surface area contributed by atoms with Crippen LogP contribution in [0.1, 0.15) is 30.0 Å². The largest absolute Gasteiger partial charge is 0.396 e. The molecule has 2 N–H and O–H groups in total. The van der Waals surface area contributed by atoms with Crippen LogP contribution in [0.15, 0.2) is 48.5 Å². The maximum absolute atomic E-state index is 14.0. The molecule has 2 aromatic rings. The second kappa shape index (κ2) is 7.41. The van der Waals surface area contributed by atoms with Crippen LogP contribution >= 0.6 is 0 Å². The summed E-state index contributed by atoms with van der Waals surface area (Å²) in [5.41, 5.74) is 1.69. The standard InChI is InChI=1S/C17H17FN2O/c18-15-11-13(12-19)8-9-17(15)20-16(7-4-10-21)14-5-2-1-3-6-14/h1-3,5-6,8-9,11,16,20-21H,4,7,10H2. The number of rotatable bonds is 6. The Labute approximate surface area is 123 Å². The van der Waals surface area contributed by atoms with Crippen molar-refractivity contribution in [1.82, 2.24) is 0 Å². The molecule has 0 amide bonds. The van der Waals surface area contributed by atoms with Crippen molar-refractivity contribution in [2.24, 2.45) is 0 Å². The van der Waals surface area contributed by atoms with Gasteiger partial charge in [0.1, 0.15) is 5.82 Å². The Morgan fingerprint density at radius 3 is 2.57 bits per heavy atom. The van der Waals surface area contributed by atoms with E-state index in [1.807, 2.05) is 36.4 Å². The van der Waals surface area contributed by atoms with Crippen LogP contribution in [0.4, 0.5) is 10.1 Å². The molecule has 0 spiro atoms. The van der Waals surface area contributed by atoms with E-state index in [0.717, 1.165) is 5.56 Å². The number of aliphatic hydroxyl groups is 1. The van der Waals surface area contributed by atoms with Crippen LogP contribution in [-0.4, -0.2) is 11.7 Å². The van der Waals surface area contributed by atoms with E-state index in [1.54, 1.807) is 12.1 Å². The summed E-state index contributed by atoms with van der Waals surface area (Å²) in [5.74, 6) is -0.445. The van der Waals surface area contributed by atoms with E-state index in [-0.39, 0.29) is 12.6 Å². The van der Waals surface area contributed by atoms with Gasteiger partial charge in [-0.15, -0.1) is 0 Å². The third-order valence-corrected chi connectivity index (χ3v) is 3.28. The molecule has 0 aliphatic carbocycles. The molecule has 0 aromatic heterocycles. The quantitative estimate of drug-likeness (QED) is 0.851. The number of nitrogens with one attached hydrogen (secondary N) is 1. The second-order valence-electron chi connectivity index (χ2n) is 4.78. The predicted octanol–water partition coefficient (Wildman–Crippen LogP) is 3.62. The van der Waals surface area contributed by atoms with E-state index in [2.05, 4.69) is 5.32 Å². The maximum atomic E-state index is 14.0. The Kier molecular flexibility index (Phi) is 5.30. The van der Waals surface area contributed by atoms with Crippen molar-refractivity contribution in [3.63, 3.8) is 0 Å². The summed E-state index contributed by atoms with van der Waals surface area (Å²) >= 11 is 0. The van der Waals surface area contributed by atoms with E-state index in [1.165, 1.54) is 6.07 Å². The molecule has 21 heavy (non-hydrogen) atoms. The molecule has 0 saturated heterocycles. The lowest BCUT2D eigenvalue weighted by Gasteiger charge is -2.20. The number of nitriles is 1. The van der Waals surface area contributed by atoms with Crippen molar-refractivity contribution in [2.75, 3.05) is 11.9 Å². The van der Waals surface area contributed by atoms with Gasteiger partial charge in [-0.25, -0.2) is 4.39 Å². The number of hydrogen-bond donors (Lipinski definition) is 2. The highest BCUT2D eigenvalue weighted by atomic mass is 19.1. The zero-order chi connectivity index (χ0) is 15.1. The number of nitrogens with zero attached hydrogens (tertiary/aromatic N) is 1. The van der Waals surface area contributed by atoms with Gasteiger partial charge in [-0.1, -0.05) is 30.3 Å². The zero-order valence-electron chi connectivity index (χ0n) is 11.6. The van der Waals surface area contributed by atoms with Gasteiger partial charge in [0.25, 0.3) is 0 Å². The number of halogens is 1. The van der Waals surface area contributed by atoms with E-state index >= 15 is 0 Å². The fraction of sp³-hybridized carbons (Fsp3) is 0.235. The van der Waals surface area contributed by atoms with Crippen molar-refractivity contribution >= 4 is 5.69 Å². The fourth-order valence-electron chi connectivity index (χ4n) is 2.19. The van der Waals surface area contributed by atoms with Crippen LogP contribution in [0, 0.1) is 17.1 Å². The van der Waals surface area contributed by atoms with Gasteiger partial charge in [0.05, 0.1) is 23.4 Å². The summed E-state index contributed by atoms with van der Waals surface area (Å²) in [6.45, 7) is 0.0981. The molecule has 108 valence electrons. The molecular weight excluding hydrogens is 267 g/mol. The van der Waals surface area contributed by atoms with Crippen LogP contribution in [0.2, 0.25) is 0 Å². The number of anilines is 1. The first kappa shape index (κ1) is 15.0. The summed E-state index contributed by atoms with van der Waals surface area (Å²) in [7, 11) is 0. The SMILES string of the molecule is N#Cc1ccc(NC(CCCO)c2ccccc2)c(F)c1. The summed E-state index contributed by atoms with van der Waals surface area (Å²) in [6, 6.07) is 15.9. The average molecular weight is 284 g/mol.